The number of halogens is 3. The lowest BCUT2D eigenvalue weighted by molar-refractivity contribution is -0.275. The average molecular weight is 299 g/mol. The molecule has 0 saturated carbocycles. The van der Waals surface area contributed by atoms with E-state index in [1.54, 1.807) is 25.1 Å². The lowest BCUT2D eigenvalue weighted by Gasteiger charge is -2.21. The van der Waals surface area contributed by atoms with Crippen LogP contribution in [-0.4, -0.2) is 12.9 Å². The Balaban J connectivity index is 2.44. The van der Waals surface area contributed by atoms with Gasteiger partial charge < -0.3 is 14.5 Å². The molecule has 21 heavy (non-hydrogen) atoms. The van der Waals surface area contributed by atoms with Crippen LogP contribution in [0.15, 0.2) is 41.0 Å². The first-order valence-electron chi connectivity index (χ1n) is 6.54. The summed E-state index contributed by atoms with van der Waals surface area (Å²) in [5, 5.41) is 3.16. The Morgan fingerprint density at radius 1 is 1.19 bits per heavy atom. The van der Waals surface area contributed by atoms with E-state index in [2.05, 4.69) is 10.1 Å². The quantitative estimate of drug-likeness (QED) is 0.899. The highest BCUT2D eigenvalue weighted by atomic mass is 19.4. The van der Waals surface area contributed by atoms with Gasteiger partial charge in [0.05, 0.1) is 12.3 Å². The van der Waals surface area contributed by atoms with Crippen LogP contribution >= 0.6 is 0 Å². The van der Waals surface area contributed by atoms with E-state index in [0.717, 1.165) is 5.56 Å². The minimum atomic E-state index is -4.72. The molecule has 0 saturated heterocycles. The SMILES string of the molecule is CCNC(c1ccccc1OC(F)(F)F)c1ccoc1C. The van der Waals surface area contributed by atoms with E-state index >= 15 is 0 Å². The topological polar surface area (TPSA) is 34.4 Å². The van der Waals surface area contributed by atoms with Crippen molar-refractivity contribution in [3.63, 3.8) is 0 Å². The van der Waals surface area contributed by atoms with E-state index in [-0.39, 0.29) is 5.75 Å². The van der Waals surface area contributed by atoms with Gasteiger partial charge in [0.15, 0.2) is 0 Å². The highest BCUT2D eigenvalue weighted by molar-refractivity contribution is 5.42. The molecule has 0 radical (unpaired) electrons. The van der Waals surface area contributed by atoms with Crippen molar-refractivity contribution in [1.82, 2.24) is 5.32 Å². The zero-order valence-corrected chi connectivity index (χ0v) is 11.7. The average Bonchev–Trinajstić information content (AvgIpc) is 2.81. The fourth-order valence-electron chi connectivity index (χ4n) is 2.22. The summed E-state index contributed by atoms with van der Waals surface area (Å²) in [7, 11) is 0. The fraction of sp³-hybridized carbons (Fsp3) is 0.333. The van der Waals surface area contributed by atoms with Crippen molar-refractivity contribution in [3.05, 3.63) is 53.5 Å². The van der Waals surface area contributed by atoms with Crippen LogP contribution in [0.3, 0.4) is 0 Å². The molecule has 1 unspecified atom stereocenters. The van der Waals surface area contributed by atoms with Crippen molar-refractivity contribution >= 4 is 0 Å². The molecular weight excluding hydrogens is 283 g/mol. The molecule has 0 fully saturated rings. The van der Waals surface area contributed by atoms with Crippen molar-refractivity contribution in [2.45, 2.75) is 26.3 Å². The fourth-order valence-corrected chi connectivity index (χ4v) is 2.22. The third-order valence-electron chi connectivity index (χ3n) is 3.07. The number of hydrogen-bond acceptors (Lipinski definition) is 3. The second-order valence-electron chi connectivity index (χ2n) is 4.51. The second-order valence-corrected chi connectivity index (χ2v) is 4.51. The maximum Gasteiger partial charge on any atom is 0.573 e. The lowest BCUT2D eigenvalue weighted by Crippen LogP contribution is -2.25. The van der Waals surface area contributed by atoms with Gasteiger partial charge in [-0.25, -0.2) is 0 Å². The van der Waals surface area contributed by atoms with E-state index in [1.807, 2.05) is 6.92 Å². The molecule has 0 aliphatic carbocycles. The molecular formula is C15H16F3NO2. The Morgan fingerprint density at radius 2 is 1.90 bits per heavy atom. The molecule has 1 aromatic carbocycles. The molecule has 0 aliphatic rings. The molecule has 1 heterocycles. The zero-order valence-electron chi connectivity index (χ0n) is 11.7. The van der Waals surface area contributed by atoms with Gasteiger partial charge in [0.1, 0.15) is 11.5 Å². The number of rotatable bonds is 5. The molecule has 0 amide bonds. The van der Waals surface area contributed by atoms with Crippen LogP contribution in [0.1, 0.15) is 29.9 Å². The van der Waals surface area contributed by atoms with Crippen molar-refractivity contribution in [3.8, 4) is 5.75 Å². The number of para-hydroxylation sites is 1. The van der Waals surface area contributed by atoms with Crippen LogP contribution in [0.4, 0.5) is 13.2 Å². The number of nitrogens with one attached hydrogen (secondary N) is 1. The maximum atomic E-state index is 12.5. The Bertz CT molecular complexity index is 593. The third-order valence-corrected chi connectivity index (χ3v) is 3.07. The smallest absolute Gasteiger partial charge is 0.469 e. The molecule has 3 nitrogen and oxygen atoms in total. The van der Waals surface area contributed by atoms with Gasteiger partial charge in [0.25, 0.3) is 0 Å². The van der Waals surface area contributed by atoms with Crippen molar-refractivity contribution in [1.29, 1.82) is 0 Å². The van der Waals surface area contributed by atoms with Gasteiger partial charge in [-0.2, -0.15) is 0 Å². The molecule has 1 atom stereocenters. The Kier molecular flexibility index (Phi) is 4.57. The molecule has 2 rings (SSSR count). The molecule has 1 aromatic heterocycles. The van der Waals surface area contributed by atoms with Crippen LogP contribution in [0.2, 0.25) is 0 Å². The maximum absolute atomic E-state index is 12.5. The Hall–Kier alpha value is -1.95. The van der Waals surface area contributed by atoms with Gasteiger partial charge in [-0.1, -0.05) is 25.1 Å². The van der Waals surface area contributed by atoms with Crippen LogP contribution in [0, 0.1) is 6.92 Å². The van der Waals surface area contributed by atoms with Gasteiger partial charge in [-0.15, -0.1) is 13.2 Å². The van der Waals surface area contributed by atoms with Gasteiger partial charge >= 0.3 is 6.36 Å². The molecule has 0 bridgehead atoms. The first-order valence-corrected chi connectivity index (χ1v) is 6.54. The number of furan rings is 1. The molecule has 0 spiro atoms. The third kappa shape index (κ3) is 3.78. The first-order chi connectivity index (χ1) is 9.92. The van der Waals surface area contributed by atoms with Gasteiger partial charge in [-0.3, -0.25) is 0 Å². The summed E-state index contributed by atoms with van der Waals surface area (Å²) >= 11 is 0. The van der Waals surface area contributed by atoms with Crippen LogP contribution in [0.5, 0.6) is 5.75 Å². The standard InChI is InChI=1S/C15H16F3NO2/c1-3-19-14(11-8-9-20-10(11)2)12-6-4-5-7-13(12)21-15(16,17)18/h4-9,14,19H,3H2,1-2H3. The lowest BCUT2D eigenvalue weighted by atomic mass is 9.98. The number of hydrogen-bond donors (Lipinski definition) is 1. The largest absolute Gasteiger partial charge is 0.573 e. The van der Waals surface area contributed by atoms with Crippen molar-refractivity contribution in [2.75, 3.05) is 6.54 Å². The summed E-state index contributed by atoms with van der Waals surface area (Å²) in [6, 6.07) is 7.43. The second kappa shape index (κ2) is 6.22. The minimum Gasteiger partial charge on any atom is -0.469 e. The number of ether oxygens (including phenoxy) is 1. The molecule has 2 aromatic rings. The molecule has 114 valence electrons. The predicted octanol–water partition coefficient (Wildman–Crippen LogP) is 4.19. The van der Waals surface area contributed by atoms with E-state index in [9.17, 15) is 13.2 Å². The Morgan fingerprint density at radius 3 is 2.48 bits per heavy atom. The number of alkyl halides is 3. The van der Waals surface area contributed by atoms with Crippen molar-refractivity contribution < 1.29 is 22.3 Å². The Labute approximate surface area is 120 Å². The first kappa shape index (κ1) is 15.4. The van der Waals surface area contributed by atoms with Crippen LogP contribution in [0.25, 0.3) is 0 Å². The normalized spacial score (nSPS) is 13.2. The molecule has 6 heteroatoms. The molecule has 1 N–H and O–H groups in total. The molecule has 0 aliphatic heterocycles. The number of benzene rings is 1. The van der Waals surface area contributed by atoms with E-state index < -0.39 is 12.4 Å². The monoisotopic (exact) mass is 299 g/mol. The van der Waals surface area contributed by atoms with Crippen LogP contribution in [-0.2, 0) is 0 Å². The summed E-state index contributed by atoms with van der Waals surface area (Å²) in [4.78, 5) is 0. The number of aryl methyl sites for hydroxylation is 1. The van der Waals surface area contributed by atoms with E-state index in [1.165, 1.54) is 18.4 Å². The minimum absolute atomic E-state index is 0.212. The van der Waals surface area contributed by atoms with Crippen LogP contribution < -0.4 is 10.1 Å². The van der Waals surface area contributed by atoms with Gasteiger partial charge in [0, 0.05) is 11.1 Å². The zero-order chi connectivity index (χ0) is 15.5. The van der Waals surface area contributed by atoms with Gasteiger partial charge in [-0.05, 0) is 25.6 Å². The predicted molar refractivity (Wildman–Crippen MR) is 72.1 cm³/mol. The van der Waals surface area contributed by atoms with E-state index in [4.69, 9.17) is 4.42 Å². The summed E-state index contributed by atoms with van der Waals surface area (Å²) in [5.41, 5.74) is 1.20. The summed E-state index contributed by atoms with van der Waals surface area (Å²) in [6.07, 6.45) is -3.21. The summed E-state index contributed by atoms with van der Waals surface area (Å²) < 4.78 is 47.0. The summed E-state index contributed by atoms with van der Waals surface area (Å²) in [6.45, 7) is 4.25. The van der Waals surface area contributed by atoms with Gasteiger partial charge in [0.2, 0.25) is 0 Å². The highest BCUT2D eigenvalue weighted by Gasteiger charge is 2.33. The van der Waals surface area contributed by atoms with Crippen molar-refractivity contribution in [2.24, 2.45) is 0 Å². The summed E-state index contributed by atoms with van der Waals surface area (Å²) in [5.74, 6) is 0.444. The van der Waals surface area contributed by atoms with E-state index in [0.29, 0.717) is 17.9 Å². The highest BCUT2D eigenvalue weighted by Crippen LogP contribution is 2.34.